The number of nitrogens with zero attached hydrogens (tertiary/aromatic N) is 2. The van der Waals surface area contributed by atoms with Crippen molar-refractivity contribution in [1.29, 1.82) is 0 Å². The highest BCUT2D eigenvalue weighted by Crippen LogP contribution is 2.57. The molecule has 0 bridgehead atoms. The highest BCUT2D eigenvalue weighted by atomic mass is 16.3. The van der Waals surface area contributed by atoms with Crippen LogP contribution in [0.3, 0.4) is 0 Å². The molecular weight excluding hydrogens is 669 g/mol. The van der Waals surface area contributed by atoms with E-state index in [0.29, 0.717) is 0 Å². The lowest BCUT2D eigenvalue weighted by atomic mass is 9.82. The highest BCUT2D eigenvalue weighted by molar-refractivity contribution is 6.17. The Balaban J connectivity index is 1.22. The predicted octanol–water partition coefficient (Wildman–Crippen LogP) is 14.4. The average Bonchev–Trinajstić information content (AvgIpc) is 3.72. The van der Waals surface area contributed by atoms with Crippen LogP contribution in [0.4, 0.5) is 17.1 Å². The van der Waals surface area contributed by atoms with Gasteiger partial charge in [0.25, 0.3) is 0 Å². The summed E-state index contributed by atoms with van der Waals surface area (Å²) < 4.78 is 6.76. The molecule has 0 spiro atoms. The summed E-state index contributed by atoms with van der Waals surface area (Å²) in [5.41, 5.74) is 14.0. The number of hydrogen-bond acceptors (Lipinski definition) is 3. The van der Waals surface area contributed by atoms with E-state index in [1.165, 1.54) is 43.8 Å². The molecule has 2 aromatic heterocycles. The van der Waals surface area contributed by atoms with Crippen molar-refractivity contribution in [2.75, 3.05) is 4.90 Å². The summed E-state index contributed by atoms with van der Waals surface area (Å²) in [6, 6.07) is 63.4. The maximum Gasteiger partial charge on any atom is 0.138 e. The third-order valence-corrected chi connectivity index (χ3v) is 11.6. The number of fused-ring (bicyclic) bond motifs is 9. The third-order valence-electron chi connectivity index (χ3n) is 11.6. The van der Waals surface area contributed by atoms with E-state index in [-0.39, 0.29) is 0 Å². The molecule has 3 heteroatoms. The molecule has 11 rings (SSSR count). The molecule has 0 saturated carbocycles. The molecule has 0 radical (unpaired) electrons. The zero-order valence-electron chi connectivity index (χ0n) is 30.6. The van der Waals surface area contributed by atoms with Crippen LogP contribution in [-0.2, 0) is 5.41 Å². The number of rotatable bonds is 5. The minimum Gasteiger partial charge on any atom is -0.456 e. The summed E-state index contributed by atoms with van der Waals surface area (Å²) in [6.07, 6.45) is 1.93. The zero-order valence-corrected chi connectivity index (χ0v) is 30.6. The Bertz CT molecular complexity index is 3020. The smallest absolute Gasteiger partial charge is 0.138 e. The number of hydrogen-bond donors (Lipinski definition) is 0. The van der Waals surface area contributed by atoms with E-state index >= 15 is 0 Å². The van der Waals surface area contributed by atoms with Crippen LogP contribution < -0.4 is 4.90 Å². The first-order chi connectivity index (χ1) is 27.0. The molecule has 0 fully saturated rings. The maximum absolute atomic E-state index is 6.76. The Hall–Kier alpha value is -6.97. The minimum absolute atomic E-state index is 0.396. The third kappa shape index (κ3) is 4.79. The van der Waals surface area contributed by atoms with Crippen LogP contribution in [-0.4, -0.2) is 4.98 Å². The van der Waals surface area contributed by atoms with Crippen molar-refractivity contribution >= 4 is 60.5 Å². The van der Waals surface area contributed by atoms with Gasteiger partial charge in [0.05, 0.1) is 11.4 Å². The quantitative estimate of drug-likeness (QED) is 0.179. The molecule has 55 heavy (non-hydrogen) atoms. The first-order valence-electron chi connectivity index (χ1n) is 19.0. The van der Waals surface area contributed by atoms with Crippen LogP contribution >= 0.6 is 0 Å². The van der Waals surface area contributed by atoms with Gasteiger partial charge in [0.1, 0.15) is 11.2 Å². The van der Waals surface area contributed by atoms with Gasteiger partial charge < -0.3 is 9.32 Å². The summed E-state index contributed by atoms with van der Waals surface area (Å²) >= 11 is 0. The topological polar surface area (TPSA) is 29.3 Å². The lowest BCUT2D eigenvalue weighted by molar-refractivity contribution is 0.636. The lowest BCUT2D eigenvalue weighted by Crippen LogP contribution is -2.21. The van der Waals surface area contributed by atoms with Crippen LogP contribution in [0.5, 0.6) is 0 Å². The molecule has 10 aromatic rings. The lowest BCUT2D eigenvalue weighted by Gasteiger charge is -2.32. The Kier molecular flexibility index (Phi) is 6.90. The summed E-state index contributed by atoms with van der Waals surface area (Å²) in [6.45, 7) is 4.64. The van der Waals surface area contributed by atoms with Crippen LogP contribution in [0, 0.1) is 0 Å². The highest BCUT2D eigenvalue weighted by Gasteiger charge is 2.42. The molecule has 1 aliphatic rings. The van der Waals surface area contributed by atoms with Gasteiger partial charge in [0, 0.05) is 51.0 Å². The van der Waals surface area contributed by atoms with Gasteiger partial charge in [-0.1, -0.05) is 147 Å². The van der Waals surface area contributed by atoms with Crippen molar-refractivity contribution < 1.29 is 4.42 Å². The largest absolute Gasteiger partial charge is 0.456 e. The Morgan fingerprint density at radius 2 is 1.04 bits per heavy atom. The Morgan fingerprint density at radius 1 is 0.491 bits per heavy atom. The fourth-order valence-electron chi connectivity index (χ4n) is 9.18. The number of para-hydroxylation sites is 1. The summed E-state index contributed by atoms with van der Waals surface area (Å²) in [5, 5.41) is 7.19. The van der Waals surface area contributed by atoms with Crippen LogP contribution in [0.15, 0.2) is 187 Å². The van der Waals surface area contributed by atoms with Gasteiger partial charge in [-0.05, 0) is 85.8 Å². The van der Waals surface area contributed by atoms with Gasteiger partial charge in [0.15, 0.2) is 0 Å². The molecule has 8 aromatic carbocycles. The van der Waals surface area contributed by atoms with E-state index in [2.05, 4.69) is 195 Å². The first kappa shape index (κ1) is 31.5. The number of aromatic nitrogens is 1. The standard InChI is InChI=1S/C52H36N2O/c1-52(2)50-45(32-47-48(43-24-7-8-28-46(43)55-47)49(50)44-27-13-29-53-51(44)52)54(37-20-9-18-35(30-37)41-25-11-16-33-14-3-5-22-39(33)41)38-21-10-19-36(31-38)42-26-12-17-34-15-4-6-23-40(34)42/h3-32H,1-2H3. The second-order valence-corrected chi connectivity index (χ2v) is 15.1. The molecule has 0 saturated heterocycles. The zero-order chi connectivity index (χ0) is 36.7. The predicted molar refractivity (Wildman–Crippen MR) is 230 cm³/mol. The van der Waals surface area contributed by atoms with Crippen molar-refractivity contribution in [3.8, 4) is 33.4 Å². The first-order valence-corrected chi connectivity index (χ1v) is 19.0. The monoisotopic (exact) mass is 704 g/mol. The van der Waals surface area contributed by atoms with Gasteiger partial charge in [-0.15, -0.1) is 0 Å². The number of anilines is 3. The molecule has 3 nitrogen and oxygen atoms in total. The van der Waals surface area contributed by atoms with E-state index in [0.717, 1.165) is 61.4 Å². The Morgan fingerprint density at radius 3 is 1.69 bits per heavy atom. The van der Waals surface area contributed by atoms with E-state index in [9.17, 15) is 0 Å². The van der Waals surface area contributed by atoms with Gasteiger partial charge >= 0.3 is 0 Å². The number of pyridine rings is 1. The molecule has 0 aliphatic heterocycles. The maximum atomic E-state index is 6.76. The van der Waals surface area contributed by atoms with Gasteiger partial charge in [-0.3, -0.25) is 4.98 Å². The molecule has 0 unspecified atom stereocenters. The molecule has 0 amide bonds. The summed E-state index contributed by atoms with van der Waals surface area (Å²) in [5.74, 6) is 0. The number of furan rings is 1. The van der Waals surface area contributed by atoms with Crippen molar-refractivity contribution in [3.63, 3.8) is 0 Å². The fraction of sp³-hybridized carbons (Fsp3) is 0.0577. The van der Waals surface area contributed by atoms with Crippen molar-refractivity contribution in [3.05, 3.63) is 193 Å². The summed E-state index contributed by atoms with van der Waals surface area (Å²) in [7, 11) is 0. The molecule has 0 N–H and O–H groups in total. The van der Waals surface area contributed by atoms with Gasteiger partial charge in [-0.25, -0.2) is 0 Å². The fourth-order valence-corrected chi connectivity index (χ4v) is 9.18. The minimum atomic E-state index is -0.396. The van der Waals surface area contributed by atoms with Crippen molar-refractivity contribution in [2.45, 2.75) is 19.3 Å². The molecule has 1 aliphatic carbocycles. The van der Waals surface area contributed by atoms with Gasteiger partial charge in [0.2, 0.25) is 0 Å². The van der Waals surface area contributed by atoms with E-state index in [1.54, 1.807) is 0 Å². The normalized spacial score (nSPS) is 13.1. The average molecular weight is 705 g/mol. The molecule has 260 valence electrons. The Labute approximate surface area is 319 Å². The van der Waals surface area contributed by atoms with Crippen molar-refractivity contribution in [1.82, 2.24) is 4.98 Å². The van der Waals surface area contributed by atoms with Crippen LogP contribution in [0.1, 0.15) is 25.1 Å². The second-order valence-electron chi connectivity index (χ2n) is 15.1. The van der Waals surface area contributed by atoms with Crippen LogP contribution in [0.2, 0.25) is 0 Å². The van der Waals surface area contributed by atoms with E-state index in [4.69, 9.17) is 9.40 Å². The van der Waals surface area contributed by atoms with E-state index < -0.39 is 5.41 Å². The van der Waals surface area contributed by atoms with Crippen molar-refractivity contribution in [2.24, 2.45) is 0 Å². The molecule has 0 atom stereocenters. The number of benzene rings is 8. The van der Waals surface area contributed by atoms with E-state index in [1.807, 2.05) is 6.20 Å². The van der Waals surface area contributed by atoms with Gasteiger partial charge in [-0.2, -0.15) is 0 Å². The molecule has 2 heterocycles. The second kappa shape index (κ2) is 12.0. The SMILES string of the molecule is CC1(C)c2ncccc2-c2c1c(N(c1cccc(-c3cccc4ccccc34)c1)c1cccc(-c3cccc4ccccc34)c1)cc1oc3ccccc3c21. The molecular formula is C52H36N2O. The summed E-state index contributed by atoms with van der Waals surface area (Å²) in [4.78, 5) is 7.51. The van der Waals surface area contributed by atoms with Crippen LogP contribution in [0.25, 0.3) is 76.9 Å².